The molecule has 0 aromatic carbocycles. The van der Waals surface area contributed by atoms with Gasteiger partial charge in [0.05, 0.1) is 0 Å². The average molecular weight is 151 g/mol. The molecule has 0 unspecified atom stereocenters. The molecule has 0 aliphatic heterocycles. The van der Waals surface area contributed by atoms with Crippen LogP contribution in [0.2, 0.25) is 0 Å². The quantitative estimate of drug-likeness (QED) is 0.462. The Morgan fingerprint density at radius 3 is 2.36 bits per heavy atom. The summed E-state index contributed by atoms with van der Waals surface area (Å²) in [6.07, 6.45) is 3.85. The molecule has 11 heavy (non-hydrogen) atoms. The Bertz CT molecular complexity index is 96.1. The second-order valence-electron chi connectivity index (χ2n) is 2.45. The van der Waals surface area contributed by atoms with Crippen LogP contribution in [0.25, 0.3) is 0 Å². The minimum atomic E-state index is 0. The second-order valence-corrected chi connectivity index (χ2v) is 2.45. The summed E-state index contributed by atoms with van der Waals surface area (Å²) >= 11 is 0. The predicted octanol–water partition coefficient (Wildman–Crippen LogP) is 1.05. The molecule has 0 fully saturated rings. The van der Waals surface area contributed by atoms with Crippen molar-refractivity contribution >= 4 is 24.8 Å². The van der Waals surface area contributed by atoms with Gasteiger partial charge in [-0.25, -0.2) is 0 Å². The number of hydrogen-bond acceptors (Lipinski definition) is 1. The van der Waals surface area contributed by atoms with E-state index < -0.39 is 0 Å². The number of rotatable bonds is 5. The molecule has 0 spiro atoms. The predicted molar refractivity (Wildman–Crippen MR) is 50.0 cm³/mol. The summed E-state index contributed by atoms with van der Waals surface area (Å²) in [6.45, 7) is 4.97. The Hall–Kier alpha value is 0.0674. The standard InChI is InChI=1S/C8H17NO.Li.H/c1-3-5-7-9-8(10)6-4-2;;/h3-7H2,1-2H3,(H,9,10);;. The van der Waals surface area contributed by atoms with Crippen LogP contribution in [0.3, 0.4) is 0 Å². The Morgan fingerprint density at radius 2 is 1.91 bits per heavy atom. The molecule has 0 aliphatic rings. The van der Waals surface area contributed by atoms with Gasteiger partial charge in [-0.3, -0.25) is 4.79 Å². The van der Waals surface area contributed by atoms with Crippen molar-refractivity contribution in [2.45, 2.75) is 39.5 Å². The van der Waals surface area contributed by atoms with Crippen molar-refractivity contribution in [3.63, 3.8) is 0 Å². The zero-order valence-corrected chi connectivity index (χ0v) is 6.94. The third-order valence-corrected chi connectivity index (χ3v) is 1.33. The van der Waals surface area contributed by atoms with Gasteiger partial charge in [-0.15, -0.1) is 0 Å². The summed E-state index contributed by atoms with van der Waals surface area (Å²) in [6, 6.07) is 0. The van der Waals surface area contributed by atoms with Gasteiger partial charge in [0.25, 0.3) is 0 Å². The second kappa shape index (κ2) is 10.1. The number of nitrogens with one attached hydrogen (secondary N) is 1. The number of amides is 1. The molecule has 0 radical (unpaired) electrons. The van der Waals surface area contributed by atoms with Crippen LogP contribution in [0, 0.1) is 0 Å². The van der Waals surface area contributed by atoms with Crippen LogP contribution in [0.4, 0.5) is 0 Å². The third-order valence-electron chi connectivity index (χ3n) is 1.33. The van der Waals surface area contributed by atoms with Crippen molar-refractivity contribution in [3.05, 3.63) is 0 Å². The van der Waals surface area contributed by atoms with Gasteiger partial charge in [0.2, 0.25) is 5.91 Å². The molecular formula is C8H18LiNO. The minimum absolute atomic E-state index is 0. The van der Waals surface area contributed by atoms with Gasteiger partial charge in [0, 0.05) is 13.0 Å². The Morgan fingerprint density at radius 1 is 1.27 bits per heavy atom. The number of unbranched alkanes of at least 4 members (excludes halogenated alkanes) is 1. The Labute approximate surface area is 81.3 Å². The van der Waals surface area contributed by atoms with E-state index in [2.05, 4.69) is 12.2 Å². The van der Waals surface area contributed by atoms with Gasteiger partial charge in [0.1, 0.15) is 0 Å². The zero-order valence-electron chi connectivity index (χ0n) is 6.94. The average Bonchev–Trinajstić information content (AvgIpc) is 1.89. The van der Waals surface area contributed by atoms with Crippen molar-refractivity contribution in [3.8, 4) is 0 Å². The van der Waals surface area contributed by atoms with Crippen LogP contribution in [0.5, 0.6) is 0 Å². The van der Waals surface area contributed by atoms with E-state index >= 15 is 0 Å². The van der Waals surface area contributed by atoms with Crippen molar-refractivity contribution in [2.75, 3.05) is 6.54 Å². The van der Waals surface area contributed by atoms with Crippen molar-refractivity contribution < 1.29 is 4.79 Å². The first-order valence-corrected chi connectivity index (χ1v) is 4.08. The molecule has 1 amide bonds. The molecule has 0 saturated carbocycles. The molecule has 0 aromatic rings. The molecule has 0 aliphatic carbocycles. The van der Waals surface area contributed by atoms with Crippen LogP contribution in [-0.2, 0) is 4.79 Å². The molecule has 0 atom stereocenters. The van der Waals surface area contributed by atoms with Crippen molar-refractivity contribution in [2.24, 2.45) is 0 Å². The van der Waals surface area contributed by atoms with E-state index in [1.807, 2.05) is 6.92 Å². The first-order chi connectivity index (χ1) is 4.81. The molecule has 2 nitrogen and oxygen atoms in total. The Balaban J connectivity index is 0. The summed E-state index contributed by atoms with van der Waals surface area (Å²) in [5.74, 6) is 0.191. The molecule has 0 saturated heterocycles. The van der Waals surface area contributed by atoms with Gasteiger partial charge >= 0.3 is 18.9 Å². The van der Waals surface area contributed by atoms with Crippen LogP contribution in [0.15, 0.2) is 0 Å². The molecule has 3 heteroatoms. The molecular weight excluding hydrogens is 133 g/mol. The number of carbonyl (C=O) groups excluding carboxylic acids is 1. The van der Waals surface area contributed by atoms with Crippen LogP contribution >= 0.6 is 0 Å². The summed E-state index contributed by atoms with van der Waals surface area (Å²) in [5, 5.41) is 2.85. The molecule has 0 rings (SSSR count). The van der Waals surface area contributed by atoms with Crippen LogP contribution < -0.4 is 5.32 Å². The summed E-state index contributed by atoms with van der Waals surface area (Å²) in [4.78, 5) is 10.8. The first-order valence-electron chi connectivity index (χ1n) is 4.08. The topological polar surface area (TPSA) is 29.1 Å². The molecule has 62 valence electrons. The van der Waals surface area contributed by atoms with Crippen LogP contribution in [-0.4, -0.2) is 31.3 Å². The zero-order chi connectivity index (χ0) is 7.82. The van der Waals surface area contributed by atoms with E-state index in [0.717, 1.165) is 25.8 Å². The van der Waals surface area contributed by atoms with Gasteiger partial charge in [-0.05, 0) is 12.8 Å². The van der Waals surface area contributed by atoms with Gasteiger partial charge in [-0.1, -0.05) is 20.3 Å². The molecule has 0 aromatic heterocycles. The van der Waals surface area contributed by atoms with Crippen LogP contribution in [0.1, 0.15) is 39.5 Å². The fraction of sp³-hybridized carbons (Fsp3) is 0.875. The normalized spacial score (nSPS) is 8.55. The fourth-order valence-electron chi connectivity index (χ4n) is 0.720. The monoisotopic (exact) mass is 151 g/mol. The third kappa shape index (κ3) is 10.1. The van der Waals surface area contributed by atoms with E-state index in [-0.39, 0.29) is 24.8 Å². The molecule has 0 heterocycles. The summed E-state index contributed by atoms with van der Waals surface area (Å²) in [7, 11) is 0. The SMILES string of the molecule is CCCCNC(=O)CCC.[LiH]. The first kappa shape index (κ1) is 13.6. The van der Waals surface area contributed by atoms with E-state index in [9.17, 15) is 4.79 Å². The van der Waals surface area contributed by atoms with E-state index in [1.165, 1.54) is 0 Å². The van der Waals surface area contributed by atoms with Gasteiger partial charge < -0.3 is 5.32 Å². The van der Waals surface area contributed by atoms with E-state index in [1.54, 1.807) is 0 Å². The molecule has 1 N–H and O–H groups in total. The van der Waals surface area contributed by atoms with Gasteiger partial charge in [-0.2, -0.15) is 0 Å². The number of hydrogen-bond donors (Lipinski definition) is 1. The maximum atomic E-state index is 10.8. The van der Waals surface area contributed by atoms with E-state index in [0.29, 0.717) is 6.42 Å². The van der Waals surface area contributed by atoms with Crippen molar-refractivity contribution in [1.82, 2.24) is 5.32 Å². The van der Waals surface area contributed by atoms with E-state index in [4.69, 9.17) is 0 Å². The maximum absolute atomic E-state index is 10.8. The number of carbonyl (C=O) groups is 1. The fourth-order valence-corrected chi connectivity index (χ4v) is 0.720. The Kier molecular flexibility index (Phi) is 12.5. The van der Waals surface area contributed by atoms with Gasteiger partial charge in [0.15, 0.2) is 0 Å². The summed E-state index contributed by atoms with van der Waals surface area (Å²) < 4.78 is 0. The summed E-state index contributed by atoms with van der Waals surface area (Å²) in [5.41, 5.74) is 0. The van der Waals surface area contributed by atoms with Crippen molar-refractivity contribution in [1.29, 1.82) is 0 Å². The molecule has 0 bridgehead atoms.